The molecule has 0 aliphatic rings. The molecule has 0 atom stereocenters. The molecular formula is C14H15FN2O2S. The van der Waals surface area contributed by atoms with E-state index < -0.39 is 21.4 Å². The molecule has 0 fully saturated rings. The minimum Gasteiger partial charge on any atom is -0.265 e. The zero-order valence-corrected chi connectivity index (χ0v) is 12.0. The summed E-state index contributed by atoms with van der Waals surface area (Å²) in [7, 11) is -3.72. The molecule has 0 unspecified atom stereocenters. The Hall–Kier alpha value is -1.79. The average molecular weight is 294 g/mol. The van der Waals surface area contributed by atoms with Gasteiger partial charge in [-0.1, -0.05) is 0 Å². The Morgan fingerprint density at radius 3 is 2.15 bits per heavy atom. The van der Waals surface area contributed by atoms with Crippen LogP contribution in [0.5, 0.6) is 0 Å². The van der Waals surface area contributed by atoms with Crippen molar-refractivity contribution < 1.29 is 12.8 Å². The van der Waals surface area contributed by atoms with Gasteiger partial charge in [-0.3, -0.25) is 4.98 Å². The number of rotatable bonds is 4. The second-order valence-electron chi connectivity index (χ2n) is 4.92. The van der Waals surface area contributed by atoms with Crippen LogP contribution in [-0.2, 0) is 15.6 Å². The van der Waals surface area contributed by atoms with Crippen LogP contribution in [0.4, 0.5) is 4.39 Å². The molecule has 20 heavy (non-hydrogen) atoms. The van der Waals surface area contributed by atoms with Crippen molar-refractivity contribution in [3.8, 4) is 0 Å². The van der Waals surface area contributed by atoms with Crippen molar-refractivity contribution in [2.24, 2.45) is 0 Å². The van der Waals surface area contributed by atoms with Crippen molar-refractivity contribution >= 4 is 10.0 Å². The van der Waals surface area contributed by atoms with Crippen molar-refractivity contribution in [1.82, 2.24) is 9.71 Å². The highest BCUT2D eigenvalue weighted by Gasteiger charge is 2.27. The summed E-state index contributed by atoms with van der Waals surface area (Å²) in [5.41, 5.74) is -0.00549. The predicted octanol–water partition coefficient (Wildman–Crippen LogP) is 2.43. The monoisotopic (exact) mass is 294 g/mol. The first kappa shape index (κ1) is 14.6. The van der Waals surface area contributed by atoms with Crippen LogP contribution in [0.25, 0.3) is 0 Å². The smallest absolute Gasteiger partial charge is 0.241 e. The molecule has 1 N–H and O–H groups in total. The summed E-state index contributed by atoms with van der Waals surface area (Å²) in [6, 6.07) is 8.20. The maximum Gasteiger partial charge on any atom is 0.241 e. The van der Waals surface area contributed by atoms with E-state index in [0.717, 1.165) is 17.7 Å². The Bertz CT molecular complexity index is 683. The summed E-state index contributed by atoms with van der Waals surface area (Å²) in [4.78, 5) is 3.93. The lowest BCUT2D eigenvalue weighted by Gasteiger charge is -2.26. The minimum absolute atomic E-state index is 0.0287. The maximum absolute atomic E-state index is 12.9. The Morgan fingerprint density at radius 2 is 1.60 bits per heavy atom. The number of nitrogens with zero attached hydrogens (tertiary/aromatic N) is 1. The van der Waals surface area contributed by atoms with E-state index in [-0.39, 0.29) is 4.90 Å². The van der Waals surface area contributed by atoms with E-state index in [1.165, 1.54) is 12.1 Å². The van der Waals surface area contributed by atoms with Gasteiger partial charge in [0, 0.05) is 12.4 Å². The lowest BCUT2D eigenvalue weighted by Crippen LogP contribution is -2.40. The van der Waals surface area contributed by atoms with E-state index in [1.807, 2.05) is 0 Å². The lowest BCUT2D eigenvalue weighted by molar-refractivity contribution is 0.471. The second-order valence-corrected chi connectivity index (χ2v) is 6.60. The first-order chi connectivity index (χ1) is 9.31. The summed E-state index contributed by atoms with van der Waals surface area (Å²) >= 11 is 0. The molecule has 0 bridgehead atoms. The molecule has 0 saturated carbocycles. The third kappa shape index (κ3) is 3.20. The number of nitrogens with one attached hydrogen (secondary N) is 1. The van der Waals surface area contributed by atoms with E-state index in [1.54, 1.807) is 38.4 Å². The maximum atomic E-state index is 12.9. The molecule has 0 radical (unpaired) electrons. The quantitative estimate of drug-likeness (QED) is 0.942. The van der Waals surface area contributed by atoms with Gasteiger partial charge in [-0.15, -0.1) is 0 Å². The highest BCUT2D eigenvalue weighted by atomic mass is 32.2. The van der Waals surface area contributed by atoms with Gasteiger partial charge in [0.25, 0.3) is 0 Å². The summed E-state index contributed by atoms with van der Waals surface area (Å²) in [5, 5.41) is 0. The van der Waals surface area contributed by atoms with Gasteiger partial charge in [0.1, 0.15) is 5.82 Å². The van der Waals surface area contributed by atoms with Crippen molar-refractivity contribution in [2.75, 3.05) is 0 Å². The first-order valence-electron chi connectivity index (χ1n) is 6.01. The predicted molar refractivity (Wildman–Crippen MR) is 74.0 cm³/mol. The van der Waals surface area contributed by atoms with E-state index in [0.29, 0.717) is 0 Å². The Kier molecular flexibility index (Phi) is 3.87. The highest BCUT2D eigenvalue weighted by Crippen LogP contribution is 2.22. The zero-order valence-electron chi connectivity index (χ0n) is 11.2. The van der Waals surface area contributed by atoms with Crippen molar-refractivity contribution in [2.45, 2.75) is 24.3 Å². The molecule has 0 aliphatic carbocycles. The topological polar surface area (TPSA) is 59.1 Å². The standard InChI is InChI=1S/C14H15FN2O2S/c1-14(2,11-7-9-16-10-8-11)17-20(18,19)13-5-3-12(15)4-6-13/h3-10,17H,1-2H3. The molecular weight excluding hydrogens is 279 g/mol. The number of hydrogen-bond donors (Lipinski definition) is 1. The van der Waals surface area contributed by atoms with Gasteiger partial charge in [0.05, 0.1) is 10.4 Å². The van der Waals surface area contributed by atoms with Crippen molar-refractivity contribution in [3.63, 3.8) is 0 Å². The van der Waals surface area contributed by atoms with Crippen LogP contribution >= 0.6 is 0 Å². The first-order valence-corrected chi connectivity index (χ1v) is 7.50. The normalized spacial score (nSPS) is 12.3. The summed E-state index contributed by atoms with van der Waals surface area (Å²) in [5.74, 6) is -0.475. The number of pyridine rings is 1. The van der Waals surface area contributed by atoms with Crippen LogP contribution in [0.3, 0.4) is 0 Å². The van der Waals surface area contributed by atoms with E-state index in [2.05, 4.69) is 9.71 Å². The van der Waals surface area contributed by atoms with Crippen LogP contribution in [0, 0.1) is 5.82 Å². The molecule has 1 aromatic heterocycles. The molecule has 2 rings (SSSR count). The lowest BCUT2D eigenvalue weighted by atomic mass is 9.97. The highest BCUT2D eigenvalue weighted by molar-refractivity contribution is 7.89. The van der Waals surface area contributed by atoms with Gasteiger partial charge in [-0.2, -0.15) is 0 Å². The second kappa shape index (κ2) is 5.30. The Balaban J connectivity index is 2.30. The van der Waals surface area contributed by atoms with Crippen molar-refractivity contribution in [3.05, 3.63) is 60.2 Å². The van der Waals surface area contributed by atoms with Crippen LogP contribution in [0.2, 0.25) is 0 Å². The van der Waals surface area contributed by atoms with Gasteiger partial charge in [0.2, 0.25) is 10.0 Å². The zero-order chi connectivity index (χ0) is 14.8. The van der Waals surface area contributed by atoms with Crippen LogP contribution in [-0.4, -0.2) is 13.4 Å². The van der Waals surface area contributed by atoms with Gasteiger partial charge in [-0.05, 0) is 55.8 Å². The largest absolute Gasteiger partial charge is 0.265 e. The Morgan fingerprint density at radius 1 is 1.05 bits per heavy atom. The van der Waals surface area contributed by atoms with Crippen LogP contribution < -0.4 is 4.72 Å². The summed E-state index contributed by atoms with van der Waals surface area (Å²) in [6.07, 6.45) is 3.20. The van der Waals surface area contributed by atoms with Gasteiger partial charge in [-0.25, -0.2) is 17.5 Å². The number of aromatic nitrogens is 1. The van der Waals surface area contributed by atoms with Gasteiger partial charge < -0.3 is 0 Å². The average Bonchev–Trinajstić information content (AvgIpc) is 2.39. The summed E-state index contributed by atoms with van der Waals surface area (Å²) in [6.45, 7) is 3.51. The molecule has 0 amide bonds. The molecule has 1 heterocycles. The molecule has 106 valence electrons. The SMILES string of the molecule is CC(C)(NS(=O)(=O)c1ccc(F)cc1)c1ccncc1. The molecule has 0 aliphatic heterocycles. The number of benzene rings is 1. The van der Waals surface area contributed by atoms with Gasteiger partial charge in [0.15, 0.2) is 0 Å². The van der Waals surface area contributed by atoms with E-state index >= 15 is 0 Å². The molecule has 0 saturated heterocycles. The molecule has 0 spiro atoms. The molecule has 1 aromatic carbocycles. The Labute approximate surface area is 117 Å². The fraction of sp³-hybridized carbons (Fsp3) is 0.214. The minimum atomic E-state index is -3.72. The third-order valence-corrected chi connectivity index (χ3v) is 4.59. The number of sulfonamides is 1. The fourth-order valence-electron chi connectivity index (χ4n) is 1.84. The molecule has 4 nitrogen and oxygen atoms in total. The van der Waals surface area contributed by atoms with Crippen LogP contribution in [0.1, 0.15) is 19.4 Å². The molecule has 6 heteroatoms. The van der Waals surface area contributed by atoms with Gasteiger partial charge >= 0.3 is 0 Å². The van der Waals surface area contributed by atoms with Crippen molar-refractivity contribution in [1.29, 1.82) is 0 Å². The summed E-state index contributed by atoms with van der Waals surface area (Å²) < 4.78 is 40.0. The van der Waals surface area contributed by atoms with E-state index in [4.69, 9.17) is 0 Å². The fourth-order valence-corrected chi connectivity index (χ4v) is 3.24. The number of hydrogen-bond acceptors (Lipinski definition) is 3. The third-order valence-electron chi connectivity index (χ3n) is 2.92. The van der Waals surface area contributed by atoms with E-state index in [9.17, 15) is 12.8 Å². The van der Waals surface area contributed by atoms with Crippen LogP contribution in [0.15, 0.2) is 53.7 Å². The molecule has 2 aromatic rings. The number of halogens is 1.